The number of rotatable bonds is 1. The molecule has 1 atom stereocenters. The average molecular weight is 320 g/mol. The highest BCUT2D eigenvalue weighted by atomic mass is 15.2. The summed E-state index contributed by atoms with van der Waals surface area (Å²) in [5, 5.41) is 8.60. The highest BCUT2D eigenvalue weighted by Gasteiger charge is 2.44. The molecular weight excluding hydrogens is 300 g/mol. The van der Waals surface area contributed by atoms with E-state index >= 15 is 0 Å². The molecule has 0 aromatic carbocycles. The van der Waals surface area contributed by atoms with Crippen molar-refractivity contribution < 1.29 is 0 Å². The van der Waals surface area contributed by atoms with Gasteiger partial charge in [-0.15, -0.1) is 0 Å². The molecule has 2 aliphatic rings. The molecular formula is C18H20N6. The summed E-state index contributed by atoms with van der Waals surface area (Å²) in [5.41, 5.74) is 3.72. The molecule has 0 bridgehead atoms. The number of aryl methyl sites for hydroxylation is 2. The number of hydrogen-bond donors (Lipinski definition) is 1. The maximum atomic E-state index is 4.77. The molecule has 0 saturated carbocycles. The van der Waals surface area contributed by atoms with E-state index in [0.717, 1.165) is 42.2 Å². The van der Waals surface area contributed by atoms with Crippen molar-refractivity contribution >= 4 is 16.9 Å². The van der Waals surface area contributed by atoms with E-state index in [-0.39, 0.29) is 5.41 Å². The molecule has 1 saturated heterocycles. The van der Waals surface area contributed by atoms with E-state index in [1.54, 1.807) is 6.20 Å². The summed E-state index contributed by atoms with van der Waals surface area (Å²) in [6.07, 6.45) is 8.52. The number of aromatic nitrogens is 5. The van der Waals surface area contributed by atoms with E-state index in [9.17, 15) is 0 Å². The van der Waals surface area contributed by atoms with Crippen molar-refractivity contribution in [3.05, 3.63) is 41.6 Å². The summed E-state index contributed by atoms with van der Waals surface area (Å²) >= 11 is 0. The quantitative estimate of drug-likeness (QED) is 0.746. The lowest BCUT2D eigenvalue weighted by Crippen LogP contribution is -2.45. The number of nitrogens with one attached hydrogen (secondary N) is 1. The Morgan fingerprint density at radius 2 is 2.21 bits per heavy atom. The summed E-state index contributed by atoms with van der Waals surface area (Å²) in [6, 6.07) is 4.04. The molecule has 3 aromatic rings. The van der Waals surface area contributed by atoms with Crippen LogP contribution in [0, 0.1) is 6.92 Å². The van der Waals surface area contributed by atoms with Crippen molar-refractivity contribution in [2.75, 3.05) is 18.0 Å². The minimum absolute atomic E-state index is 0.192. The first-order chi connectivity index (χ1) is 11.8. The van der Waals surface area contributed by atoms with Gasteiger partial charge >= 0.3 is 0 Å². The van der Waals surface area contributed by atoms with Crippen molar-refractivity contribution in [2.45, 2.75) is 38.0 Å². The molecule has 6 nitrogen and oxygen atoms in total. The van der Waals surface area contributed by atoms with Gasteiger partial charge in [-0.25, -0.2) is 15.0 Å². The van der Waals surface area contributed by atoms with Gasteiger partial charge in [0.1, 0.15) is 11.6 Å². The molecule has 1 unspecified atom stereocenters. The lowest BCUT2D eigenvalue weighted by Gasteiger charge is -2.41. The van der Waals surface area contributed by atoms with Crippen molar-refractivity contribution in [2.24, 2.45) is 0 Å². The lowest BCUT2D eigenvalue weighted by molar-refractivity contribution is 0.332. The highest BCUT2D eigenvalue weighted by Crippen LogP contribution is 2.44. The molecule has 24 heavy (non-hydrogen) atoms. The van der Waals surface area contributed by atoms with Gasteiger partial charge in [0.05, 0.1) is 11.6 Å². The van der Waals surface area contributed by atoms with Crippen molar-refractivity contribution in [1.82, 2.24) is 25.1 Å². The monoisotopic (exact) mass is 320 g/mol. The molecule has 6 heteroatoms. The Morgan fingerprint density at radius 1 is 1.25 bits per heavy atom. The molecule has 0 amide bonds. The zero-order valence-corrected chi connectivity index (χ0v) is 13.8. The van der Waals surface area contributed by atoms with Gasteiger partial charge in [-0.1, -0.05) is 0 Å². The zero-order chi connectivity index (χ0) is 16.1. The molecule has 3 aromatic heterocycles. The van der Waals surface area contributed by atoms with Gasteiger partial charge in [-0.3, -0.25) is 5.10 Å². The molecule has 1 aliphatic heterocycles. The van der Waals surface area contributed by atoms with Crippen LogP contribution >= 0.6 is 0 Å². The molecule has 5 rings (SSSR count). The summed E-state index contributed by atoms with van der Waals surface area (Å²) in [7, 11) is 0. The second-order valence-electron chi connectivity index (χ2n) is 7.04. The van der Waals surface area contributed by atoms with Gasteiger partial charge < -0.3 is 4.90 Å². The Morgan fingerprint density at radius 3 is 3.17 bits per heavy atom. The summed E-state index contributed by atoms with van der Waals surface area (Å²) in [4.78, 5) is 16.1. The third-order valence-electron chi connectivity index (χ3n) is 5.56. The van der Waals surface area contributed by atoms with E-state index in [1.165, 1.54) is 30.5 Å². The number of anilines is 1. The fourth-order valence-electron chi connectivity index (χ4n) is 4.47. The van der Waals surface area contributed by atoms with Crippen LogP contribution < -0.4 is 4.90 Å². The predicted octanol–water partition coefficient (Wildman–Crippen LogP) is 2.54. The second kappa shape index (κ2) is 5.00. The first-order valence-corrected chi connectivity index (χ1v) is 8.62. The standard InChI is InChI=1S/C18H20N6/c1-12-21-16-14(4-2-8-19-16)17(22-12)24-9-3-6-18(11-24)7-5-13-10-20-23-15(13)18/h2,4,8,10H,3,5-7,9,11H2,1H3,(H,20,23). The molecule has 1 aliphatic carbocycles. The third-order valence-corrected chi connectivity index (χ3v) is 5.56. The zero-order valence-electron chi connectivity index (χ0n) is 13.8. The topological polar surface area (TPSA) is 70.6 Å². The maximum absolute atomic E-state index is 4.77. The van der Waals surface area contributed by atoms with Gasteiger partial charge in [0.2, 0.25) is 0 Å². The first-order valence-electron chi connectivity index (χ1n) is 8.62. The number of fused-ring (bicyclic) bond motifs is 3. The van der Waals surface area contributed by atoms with Crippen molar-refractivity contribution in [3.63, 3.8) is 0 Å². The number of piperidine rings is 1. The fourth-order valence-corrected chi connectivity index (χ4v) is 4.47. The molecule has 4 heterocycles. The van der Waals surface area contributed by atoms with Crippen LogP contribution in [0.3, 0.4) is 0 Å². The van der Waals surface area contributed by atoms with Gasteiger partial charge in [-0.05, 0) is 50.3 Å². The van der Waals surface area contributed by atoms with E-state index in [2.05, 4.69) is 31.1 Å². The SMILES string of the molecule is Cc1nc(N2CCCC3(CCc4cn[nH]c43)C2)c2cccnc2n1. The van der Waals surface area contributed by atoms with Crippen molar-refractivity contribution in [1.29, 1.82) is 0 Å². The van der Waals surface area contributed by atoms with Crippen LogP contribution in [0.5, 0.6) is 0 Å². The Kier molecular flexibility index (Phi) is 2.89. The summed E-state index contributed by atoms with van der Waals surface area (Å²) in [5.74, 6) is 1.81. The smallest absolute Gasteiger partial charge is 0.164 e. The number of nitrogens with zero attached hydrogens (tertiary/aromatic N) is 5. The Hall–Kier alpha value is -2.50. The number of aromatic amines is 1. The number of pyridine rings is 1. The first kappa shape index (κ1) is 13.9. The van der Waals surface area contributed by atoms with Crippen LogP contribution in [0.25, 0.3) is 11.0 Å². The minimum atomic E-state index is 0.192. The van der Waals surface area contributed by atoms with Gasteiger partial charge in [0, 0.05) is 30.4 Å². The van der Waals surface area contributed by atoms with Crippen LogP contribution in [0.1, 0.15) is 36.3 Å². The molecule has 1 N–H and O–H groups in total. The van der Waals surface area contributed by atoms with Crippen LogP contribution in [0.4, 0.5) is 5.82 Å². The molecule has 122 valence electrons. The van der Waals surface area contributed by atoms with Crippen LogP contribution in [-0.2, 0) is 11.8 Å². The van der Waals surface area contributed by atoms with Gasteiger partial charge in [-0.2, -0.15) is 5.10 Å². The lowest BCUT2D eigenvalue weighted by atomic mass is 9.77. The van der Waals surface area contributed by atoms with E-state index in [4.69, 9.17) is 4.98 Å². The number of hydrogen-bond acceptors (Lipinski definition) is 5. The van der Waals surface area contributed by atoms with E-state index in [1.807, 2.05) is 19.2 Å². The van der Waals surface area contributed by atoms with Crippen LogP contribution in [0.15, 0.2) is 24.5 Å². The largest absolute Gasteiger partial charge is 0.355 e. The normalized spacial score (nSPS) is 23.1. The van der Waals surface area contributed by atoms with Crippen LogP contribution in [-0.4, -0.2) is 38.2 Å². The molecule has 0 radical (unpaired) electrons. The second-order valence-corrected chi connectivity index (χ2v) is 7.04. The third kappa shape index (κ3) is 1.95. The molecule has 1 fully saturated rings. The highest BCUT2D eigenvalue weighted by molar-refractivity contribution is 5.87. The van der Waals surface area contributed by atoms with Crippen LogP contribution in [0.2, 0.25) is 0 Å². The number of H-pyrrole nitrogens is 1. The Labute approximate surface area is 140 Å². The van der Waals surface area contributed by atoms with Gasteiger partial charge in [0.15, 0.2) is 5.65 Å². The summed E-state index contributed by atoms with van der Waals surface area (Å²) < 4.78 is 0. The Bertz CT molecular complexity index is 917. The molecule has 1 spiro atoms. The summed E-state index contributed by atoms with van der Waals surface area (Å²) in [6.45, 7) is 3.97. The minimum Gasteiger partial charge on any atom is -0.355 e. The maximum Gasteiger partial charge on any atom is 0.164 e. The Balaban J connectivity index is 1.59. The average Bonchev–Trinajstić information content (AvgIpc) is 3.19. The van der Waals surface area contributed by atoms with Crippen molar-refractivity contribution in [3.8, 4) is 0 Å². The van der Waals surface area contributed by atoms with E-state index in [0.29, 0.717) is 0 Å². The van der Waals surface area contributed by atoms with E-state index < -0.39 is 0 Å². The predicted molar refractivity (Wildman–Crippen MR) is 92.1 cm³/mol. The van der Waals surface area contributed by atoms with Gasteiger partial charge in [0.25, 0.3) is 0 Å². The fraction of sp³-hybridized carbons (Fsp3) is 0.444.